The number of aryl methyl sites for hydroxylation is 1. The van der Waals surface area contributed by atoms with Gasteiger partial charge in [0.15, 0.2) is 5.78 Å². The molecule has 112 valence electrons. The van der Waals surface area contributed by atoms with E-state index in [-0.39, 0.29) is 11.7 Å². The van der Waals surface area contributed by atoms with Gasteiger partial charge in [0.2, 0.25) is 5.91 Å². The number of likely N-dealkylation sites (N-methyl/N-ethyl adjacent to an activating group) is 1. The molecule has 1 aromatic carbocycles. The average molecular weight is 295 g/mol. The van der Waals surface area contributed by atoms with Gasteiger partial charge in [-0.3, -0.25) is 14.2 Å². The van der Waals surface area contributed by atoms with Crippen molar-refractivity contribution in [2.24, 2.45) is 0 Å². The van der Waals surface area contributed by atoms with E-state index in [1.165, 1.54) is 0 Å². The van der Waals surface area contributed by atoms with Crippen LogP contribution in [0, 0.1) is 0 Å². The van der Waals surface area contributed by atoms with Gasteiger partial charge in [0.1, 0.15) is 12.0 Å². The van der Waals surface area contributed by atoms with E-state index < -0.39 is 0 Å². The zero-order chi connectivity index (χ0) is 15.3. The Balaban J connectivity index is 1.79. The van der Waals surface area contributed by atoms with Crippen LogP contribution in [0.1, 0.15) is 40.2 Å². The Morgan fingerprint density at radius 1 is 1.14 bits per heavy atom. The van der Waals surface area contributed by atoms with Crippen LogP contribution >= 0.6 is 0 Å². The number of fused-ring (bicyclic) bond motifs is 2. The summed E-state index contributed by atoms with van der Waals surface area (Å²) in [5, 5.41) is 0. The predicted octanol–water partition coefficient (Wildman–Crippen LogP) is 1.91. The van der Waals surface area contributed by atoms with Crippen molar-refractivity contribution >= 4 is 11.7 Å². The third-order valence-electron chi connectivity index (χ3n) is 4.57. The highest BCUT2D eigenvalue weighted by atomic mass is 16.2. The van der Waals surface area contributed by atoms with Gasteiger partial charge in [0.05, 0.1) is 12.1 Å². The van der Waals surface area contributed by atoms with Gasteiger partial charge in [-0.05, 0) is 36.1 Å². The number of aromatic nitrogens is 2. The van der Waals surface area contributed by atoms with Crippen molar-refractivity contribution < 1.29 is 9.59 Å². The summed E-state index contributed by atoms with van der Waals surface area (Å²) in [6, 6.07) is 6.04. The highest BCUT2D eigenvalue weighted by molar-refractivity contribution is 5.97. The smallest absolute Gasteiger partial charge is 0.227 e. The maximum absolute atomic E-state index is 12.2. The number of hydrogen-bond donors (Lipinski definition) is 0. The molecule has 0 fully saturated rings. The predicted molar refractivity (Wildman–Crippen MR) is 81.0 cm³/mol. The SMILES string of the molecule is CN1Cc2cc(-n3cnc4c3C(=O)CCC4)ccc2CC1=O. The second-order valence-corrected chi connectivity index (χ2v) is 6.07. The summed E-state index contributed by atoms with van der Waals surface area (Å²) < 4.78 is 1.90. The molecule has 2 aliphatic rings. The summed E-state index contributed by atoms with van der Waals surface area (Å²) in [4.78, 5) is 30.1. The molecule has 5 nitrogen and oxygen atoms in total. The Kier molecular flexibility index (Phi) is 2.89. The lowest BCUT2D eigenvalue weighted by Crippen LogP contribution is -2.32. The van der Waals surface area contributed by atoms with Crippen LogP contribution in [-0.4, -0.2) is 33.2 Å². The van der Waals surface area contributed by atoms with Crippen LogP contribution in [0.2, 0.25) is 0 Å². The maximum Gasteiger partial charge on any atom is 0.227 e. The van der Waals surface area contributed by atoms with Crippen LogP contribution in [0.25, 0.3) is 5.69 Å². The minimum Gasteiger partial charge on any atom is -0.341 e. The normalized spacial score (nSPS) is 17.4. The molecule has 0 N–H and O–H groups in total. The molecule has 2 heterocycles. The number of imidazole rings is 1. The van der Waals surface area contributed by atoms with Gasteiger partial charge in [-0.2, -0.15) is 0 Å². The number of carbonyl (C=O) groups is 2. The number of rotatable bonds is 1. The lowest BCUT2D eigenvalue weighted by Gasteiger charge is -2.25. The van der Waals surface area contributed by atoms with Crippen molar-refractivity contribution in [3.63, 3.8) is 0 Å². The highest BCUT2D eigenvalue weighted by Gasteiger charge is 2.25. The van der Waals surface area contributed by atoms with E-state index in [0.717, 1.165) is 41.0 Å². The lowest BCUT2D eigenvalue weighted by atomic mass is 9.97. The first kappa shape index (κ1) is 13.2. The van der Waals surface area contributed by atoms with E-state index >= 15 is 0 Å². The third-order valence-corrected chi connectivity index (χ3v) is 4.57. The van der Waals surface area contributed by atoms with E-state index in [9.17, 15) is 9.59 Å². The summed E-state index contributed by atoms with van der Waals surface area (Å²) in [5.41, 5.74) is 4.80. The number of Topliss-reactive ketones (excluding diaryl/α,β-unsaturated/α-hetero) is 1. The first-order valence-corrected chi connectivity index (χ1v) is 7.59. The zero-order valence-electron chi connectivity index (χ0n) is 12.5. The van der Waals surface area contributed by atoms with Gasteiger partial charge >= 0.3 is 0 Å². The molecule has 1 aliphatic heterocycles. The number of hydrogen-bond acceptors (Lipinski definition) is 3. The number of nitrogens with zero attached hydrogens (tertiary/aromatic N) is 3. The molecular formula is C17H17N3O2. The minimum atomic E-state index is 0.149. The van der Waals surface area contributed by atoms with Crippen molar-refractivity contribution in [3.8, 4) is 5.69 Å². The van der Waals surface area contributed by atoms with Crippen LogP contribution in [0.4, 0.5) is 0 Å². The summed E-state index contributed by atoms with van der Waals surface area (Å²) in [6.45, 7) is 0.618. The Bertz CT molecular complexity index is 791. The summed E-state index contributed by atoms with van der Waals surface area (Å²) >= 11 is 0. The molecule has 0 saturated heterocycles. The highest BCUT2D eigenvalue weighted by Crippen LogP contribution is 2.26. The van der Waals surface area contributed by atoms with Gasteiger partial charge in [0.25, 0.3) is 0 Å². The number of amides is 1. The summed E-state index contributed by atoms with van der Waals surface area (Å²) in [6.07, 6.45) is 4.55. The van der Waals surface area contributed by atoms with Gasteiger partial charge in [-0.1, -0.05) is 6.07 Å². The van der Waals surface area contributed by atoms with Crippen LogP contribution in [0.15, 0.2) is 24.5 Å². The standard InChI is InChI=1S/C17H17N3O2/c1-19-9-12-7-13(6-5-11(12)8-16(19)22)20-10-18-14-3-2-4-15(21)17(14)20/h5-7,10H,2-4,8-9H2,1H3. The molecule has 4 rings (SSSR count). The Hall–Kier alpha value is -2.43. The minimum absolute atomic E-state index is 0.149. The Morgan fingerprint density at radius 2 is 2.00 bits per heavy atom. The largest absolute Gasteiger partial charge is 0.341 e. The molecule has 1 aromatic heterocycles. The second-order valence-electron chi connectivity index (χ2n) is 6.07. The molecule has 0 spiro atoms. The zero-order valence-corrected chi connectivity index (χ0v) is 12.5. The molecule has 2 aromatic rings. The van der Waals surface area contributed by atoms with Crippen molar-refractivity contribution in [3.05, 3.63) is 47.0 Å². The molecular weight excluding hydrogens is 278 g/mol. The Morgan fingerprint density at radius 3 is 2.86 bits per heavy atom. The fraction of sp³-hybridized carbons (Fsp3) is 0.353. The third kappa shape index (κ3) is 1.96. The van der Waals surface area contributed by atoms with E-state index in [4.69, 9.17) is 0 Å². The van der Waals surface area contributed by atoms with Crippen molar-refractivity contribution in [2.45, 2.75) is 32.2 Å². The van der Waals surface area contributed by atoms with Gasteiger partial charge < -0.3 is 4.90 Å². The van der Waals surface area contributed by atoms with Crippen molar-refractivity contribution in [1.82, 2.24) is 14.5 Å². The summed E-state index contributed by atoms with van der Waals surface area (Å²) in [5.74, 6) is 0.319. The molecule has 5 heteroatoms. The topological polar surface area (TPSA) is 55.2 Å². The molecule has 22 heavy (non-hydrogen) atoms. The quantitative estimate of drug-likeness (QED) is 0.807. The van der Waals surface area contributed by atoms with Crippen LogP contribution in [0.3, 0.4) is 0 Å². The van der Waals surface area contributed by atoms with E-state index in [1.54, 1.807) is 11.2 Å². The maximum atomic E-state index is 12.2. The molecule has 0 radical (unpaired) electrons. The van der Waals surface area contributed by atoms with Crippen molar-refractivity contribution in [1.29, 1.82) is 0 Å². The molecule has 0 saturated carbocycles. The first-order chi connectivity index (χ1) is 10.6. The fourth-order valence-corrected chi connectivity index (χ4v) is 3.32. The molecule has 0 bridgehead atoms. The number of benzene rings is 1. The average Bonchev–Trinajstić information content (AvgIpc) is 2.93. The molecule has 0 atom stereocenters. The molecule has 1 amide bonds. The number of ketones is 1. The van der Waals surface area contributed by atoms with Crippen molar-refractivity contribution in [2.75, 3.05) is 7.05 Å². The monoisotopic (exact) mass is 295 g/mol. The van der Waals surface area contributed by atoms with E-state index in [2.05, 4.69) is 11.1 Å². The number of carbonyl (C=O) groups excluding carboxylic acids is 2. The van der Waals surface area contributed by atoms with Crippen LogP contribution in [0.5, 0.6) is 0 Å². The van der Waals surface area contributed by atoms with Gasteiger partial charge in [-0.15, -0.1) is 0 Å². The van der Waals surface area contributed by atoms with Crippen LogP contribution < -0.4 is 0 Å². The van der Waals surface area contributed by atoms with Gasteiger partial charge in [0, 0.05) is 25.7 Å². The van der Waals surface area contributed by atoms with Gasteiger partial charge in [-0.25, -0.2) is 4.98 Å². The fourth-order valence-electron chi connectivity index (χ4n) is 3.32. The Labute approximate surface area is 128 Å². The van der Waals surface area contributed by atoms with E-state index in [1.807, 2.05) is 23.7 Å². The lowest BCUT2D eigenvalue weighted by molar-refractivity contribution is -0.130. The molecule has 1 aliphatic carbocycles. The first-order valence-electron chi connectivity index (χ1n) is 7.59. The van der Waals surface area contributed by atoms with Crippen LogP contribution in [-0.2, 0) is 24.2 Å². The second kappa shape index (κ2) is 4.80. The summed E-state index contributed by atoms with van der Waals surface area (Å²) in [7, 11) is 1.82. The van der Waals surface area contributed by atoms with E-state index in [0.29, 0.717) is 19.4 Å². The molecule has 0 unspecified atom stereocenters.